The molecule has 0 bridgehead atoms. The van der Waals surface area contributed by atoms with E-state index in [1.165, 1.54) is 47.0 Å². The zero-order chi connectivity index (χ0) is 32.3. The Morgan fingerprint density at radius 3 is 2.53 bits per heavy atom. The lowest BCUT2D eigenvalue weighted by atomic mass is 9.99. The predicted molar refractivity (Wildman–Crippen MR) is 174 cm³/mol. The number of nitrogens with zero attached hydrogens (tertiary/aromatic N) is 3. The van der Waals surface area contributed by atoms with Crippen molar-refractivity contribution in [1.82, 2.24) is 14.2 Å². The molecule has 0 spiro atoms. The number of halogens is 1. The average Bonchev–Trinajstić information content (AvgIpc) is 3.58. The summed E-state index contributed by atoms with van der Waals surface area (Å²) < 4.78 is 34.5. The first-order valence-electron chi connectivity index (χ1n) is 14.2. The largest absolute Gasteiger partial charge is 0.486 e. The van der Waals surface area contributed by atoms with Gasteiger partial charge in [-0.25, -0.2) is 13.4 Å². The van der Waals surface area contributed by atoms with Crippen molar-refractivity contribution in [2.24, 2.45) is 5.92 Å². The highest BCUT2D eigenvalue weighted by Crippen LogP contribution is 2.36. The van der Waals surface area contributed by atoms with Crippen molar-refractivity contribution in [3.05, 3.63) is 94.5 Å². The number of anilines is 1. The molecule has 3 aromatic carbocycles. The zero-order valence-corrected chi connectivity index (χ0v) is 27.3. The first kappa shape index (κ1) is 32.6. The van der Waals surface area contributed by atoms with Crippen LogP contribution in [0, 0.1) is 5.92 Å². The minimum atomic E-state index is -3.91. The maximum Gasteiger partial charge on any atom is 0.258 e. The monoisotopic (exact) mass is 668 g/mol. The summed E-state index contributed by atoms with van der Waals surface area (Å²) >= 11 is 7.46. The Kier molecular flexibility index (Phi) is 9.90. The van der Waals surface area contributed by atoms with E-state index in [0.29, 0.717) is 10.6 Å². The molecule has 1 aliphatic rings. The molecule has 236 valence electrons. The summed E-state index contributed by atoms with van der Waals surface area (Å²) in [6, 6.07) is 17.2. The van der Waals surface area contributed by atoms with Crippen molar-refractivity contribution < 1.29 is 27.9 Å². The second-order valence-corrected chi connectivity index (χ2v) is 14.3. The molecule has 0 unspecified atom stereocenters. The highest BCUT2D eigenvalue weighted by molar-refractivity contribution is 7.89. The van der Waals surface area contributed by atoms with Gasteiger partial charge in [0.2, 0.25) is 10.0 Å². The van der Waals surface area contributed by atoms with Crippen LogP contribution < -0.4 is 10.1 Å². The van der Waals surface area contributed by atoms with Crippen LogP contribution in [0.5, 0.6) is 5.75 Å². The van der Waals surface area contributed by atoms with Crippen LogP contribution in [0.15, 0.2) is 83.2 Å². The number of thiazole rings is 1. The third-order valence-corrected chi connectivity index (χ3v) is 10.6. The number of sulfonamides is 1. The van der Waals surface area contributed by atoms with E-state index in [9.17, 15) is 23.1 Å². The van der Waals surface area contributed by atoms with Crippen LogP contribution in [0.3, 0.4) is 0 Å². The molecule has 3 atom stereocenters. The number of fused-ring (bicyclic) bond motifs is 1. The standard InChI is InChI=1S/C32H33ClN4O6S2/c1-20-17-37(21(2)19-38)32(40)26-5-4-6-27(35-30(39)22-7-9-23(10-8-22)31-34-15-16-44-31)29(26)43-28(20)18-36(3)45(41,42)25-13-11-24(33)12-14-25/h4-16,20-21,28,38H,17-19H2,1-3H3,(H,35,39)/t20-,21-,28+/m1/s1. The number of carbonyl (C=O) groups excluding carboxylic acids is 2. The van der Waals surface area contributed by atoms with Crippen LogP contribution in [0.1, 0.15) is 34.6 Å². The molecule has 5 rings (SSSR count). The SMILES string of the molecule is C[C@@H]1CN([C@H](C)CO)C(=O)c2cccc(NC(=O)c3ccc(-c4nccs4)cc3)c2O[C@H]1CN(C)S(=O)(=O)c1ccc(Cl)cc1. The number of rotatable bonds is 9. The molecule has 1 aromatic heterocycles. The van der Waals surface area contributed by atoms with E-state index in [2.05, 4.69) is 10.3 Å². The van der Waals surface area contributed by atoms with E-state index >= 15 is 0 Å². The number of likely N-dealkylation sites (N-methyl/N-ethyl adjacent to an activating group) is 1. The maximum absolute atomic E-state index is 13.8. The Hall–Kier alpha value is -3.81. The van der Waals surface area contributed by atoms with Crippen LogP contribution in [0.2, 0.25) is 5.02 Å². The van der Waals surface area contributed by atoms with Crippen LogP contribution in [-0.2, 0) is 10.0 Å². The van der Waals surface area contributed by atoms with E-state index in [1.54, 1.807) is 48.4 Å². The van der Waals surface area contributed by atoms with E-state index in [0.717, 1.165) is 10.6 Å². The first-order valence-corrected chi connectivity index (χ1v) is 16.9. The zero-order valence-electron chi connectivity index (χ0n) is 24.9. The summed E-state index contributed by atoms with van der Waals surface area (Å²) in [7, 11) is -2.45. The Morgan fingerprint density at radius 2 is 1.89 bits per heavy atom. The Labute approximate surface area is 271 Å². The first-order chi connectivity index (χ1) is 21.5. The van der Waals surface area contributed by atoms with Crippen molar-refractivity contribution in [2.75, 3.05) is 32.1 Å². The number of hydrogen-bond donors (Lipinski definition) is 2. The van der Waals surface area contributed by atoms with E-state index in [1.807, 2.05) is 24.4 Å². The molecule has 2 N–H and O–H groups in total. The van der Waals surface area contributed by atoms with E-state index in [-0.39, 0.29) is 53.4 Å². The van der Waals surface area contributed by atoms with E-state index in [4.69, 9.17) is 16.3 Å². The van der Waals surface area contributed by atoms with Crippen LogP contribution in [0.4, 0.5) is 5.69 Å². The van der Waals surface area contributed by atoms with Gasteiger partial charge >= 0.3 is 0 Å². The lowest BCUT2D eigenvalue weighted by Crippen LogP contribution is -2.50. The molecule has 13 heteroatoms. The van der Waals surface area contributed by atoms with Gasteiger partial charge in [0, 0.05) is 47.2 Å². The fourth-order valence-electron chi connectivity index (χ4n) is 5.02. The summed E-state index contributed by atoms with van der Waals surface area (Å²) in [4.78, 5) is 33.1. The maximum atomic E-state index is 13.8. The van der Waals surface area contributed by atoms with Gasteiger partial charge in [0.15, 0.2) is 5.75 Å². The third kappa shape index (κ3) is 7.05. The second kappa shape index (κ2) is 13.7. The molecule has 45 heavy (non-hydrogen) atoms. The Bertz CT molecular complexity index is 1770. The Morgan fingerprint density at radius 1 is 1.18 bits per heavy atom. The topological polar surface area (TPSA) is 129 Å². The molecule has 0 aliphatic carbocycles. The van der Waals surface area contributed by atoms with Gasteiger partial charge in [-0.2, -0.15) is 4.31 Å². The highest BCUT2D eigenvalue weighted by atomic mass is 35.5. The average molecular weight is 669 g/mol. The Balaban J connectivity index is 1.47. The fraction of sp³-hybridized carbons (Fsp3) is 0.281. The lowest BCUT2D eigenvalue weighted by molar-refractivity contribution is 0.0388. The number of amides is 2. The van der Waals surface area contributed by atoms with Crippen LogP contribution >= 0.6 is 22.9 Å². The molecule has 2 heterocycles. The molecule has 4 aromatic rings. The van der Waals surface area contributed by atoms with Crippen molar-refractivity contribution in [2.45, 2.75) is 30.9 Å². The van der Waals surface area contributed by atoms with Crippen molar-refractivity contribution in [3.63, 3.8) is 0 Å². The number of benzene rings is 3. The molecule has 0 fully saturated rings. The number of aliphatic hydroxyl groups excluding tert-OH is 1. The summed E-state index contributed by atoms with van der Waals surface area (Å²) in [5.41, 5.74) is 1.72. The quantitative estimate of drug-likeness (QED) is 0.249. The minimum absolute atomic E-state index is 0.0540. The molecule has 0 saturated carbocycles. The predicted octanol–water partition coefficient (Wildman–Crippen LogP) is 5.26. The van der Waals surface area contributed by atoms with Crippen molar-refractivity contribution >= 4 is 50.5 Å². The summed E-state index contributed by atoms with van der Waals surface area (Å²) in [6.45, 7) is 3.48. The molecular formula is C32H33ClN4O6S2. The molecule has 1 aliphatic heterocycles. The number of aliphatic hydroxyl groups is 1. The van der Waals surface area contributed by atoms with Gasteiger partial charge in [-0.05, 0) is 55.5 Å². The van der Waals surface area contributed by atoms with Gasteiger partial charge in [0.05, 0.1) is 35.3 Å². The van der Waals surface area contributed by atoms with Gasteiger partial charge < -0.3 is 20.1 Å². The third-order valence-electron chi connectivity index (χ3n) is 7.72. The number of para-hydroxylation sites is 1. The molecule has 10 nitrogen and oxygen atoms in total. The lowest BCUT2D eigenvalue weighted by Gasteiger charge is -2.38. The van der Waals surface area contributed by atoms with E-state index < -0.39 is 28.1 Å². The number of carbonyl (C=O) groups is 2. The molecule has 2 amide bonds. The summed E-state index contributed by atoms with van der Waals surface area (Å²) in [6.07, 6.45) is 0.986. The van der Waals surface area contributed by atoms with Gasteiger partial charge in [-0.1, -0.05) is 36.7 Å². The van der Waals surface area contributed by atoms with Crippen molar-refractivity contribution in [3.8, 4) is 16.3 Å². The molecule has 0 saturated heterocycles. The summed E-state index contributed by atoms with van der Waals surface area (Å²) in [5, 5.41) is 16.0. The minimum Gasteiger partial charge on any atom is -0.486 e. The second-order valence-electron chi connectivity index (χ2n) is 10.9. The molecular weight excluding hydrogens is 636 g/mol. The van der Waals surface area contributed by atoms with Gasteiger partial charge in [0.25, 0.3) is 11.8 Å². The highest BCUT2D eigenvalue weighted by Gasteiger charge is 2.36. The number of nitrogens with one attached hydrogen (secondary N) is 1. The van der Waals surface area contributed by atoms with Gasteiger partial charge in [-0.3, -0.25) is 9.59 Å². The normalized spacial score (nSPS) is 17.6. The van der Waals surface area contributed by atoms with Crippen molar-refractivity contribution in [1.29, 1.82) is 0 Å². The van der Waals surface area contributed by atoms with Crippen LogP contribution in [-0.4, -0.2) is 78.4 Å². The smallest absolute Gasteiger partial charge is 0.258 e. The molecule has 0 radical (unpaired) electrons. The summed E-state index contributed by atoms with van der Waals surface area (Å²) in [5.74, 6) is -1.02. The number of hydrogen-bond acceptors (Lipinski definition) is 8. The number of ether oxygens (including phenoxy) is 1. The fourth-order valence-corrected chi connectivity index (χ4v) is 6.98. The number of aromatic nitrogens is 1. The van der Waals surface area contributed by atoms with Crippen LogP contribution in [0.25, 0.3) is 10.6 Å². The van der Waals surface area contributed by atoms with Gasteiger partial charge in [-0.15, -0.1) is 11.3 Å². The van der Waals surface area contributed by atoms with Gasteiger partial charge in [0.1, 0.15) is 11.1 Å².